The van der Waals surface area contributed by atoms with Crippen LogP contribution in [0.2, 0.25) is 0 Å². The van der Waals surface area contributed by atoms with Crippen molar-refractivity contribution in [2.24, 2.45) is 0 Å². The summed E-state index contributed by atoms with van der Waals surface area (Å²) in [7, 11) is 0. The number of carboxylic acid groups (broad SMARTS) is 1. The van der Waals surface area contributed by atoms with Crippen LogP contribution in [0.15, 0.2) is 18.2 Å². The van der Waals surface area contributed by atoms with Crippen LogP contribution in [0, 0.1) is 0 Å². The van der Waals surface area contributed by atoms with Crippen LogP contribution in [0.25, 0.3) is 0 Å². The second-order valence-electron chi connectivity index (χ2n) is 3.56. The summed E-state index contributed by atoms with van der Waals surface area (Å²) in [6.45, 7) is -3.03. The van der Waals surface area contributed by atoms with Crippen LogP contribution in [-0.4, -0.2) is 24.0 Å². The number of hydrogen-bond donors (Lipinski definition) is 1. The van der Waals surface area contributed by atoms with E-state index in [9.17, 15) is 18.4 Å². The van der Waals surface area contributed by atoms with E-state index in [4.69, 9.17) is 5.11 Å². The summed E-state index contributed by atoms with van der Waals surface area (Å²) < 4.78 is 29.0. The maximum absolute atomic E-state index is 12.3. The van der Waals surface area contributed by atoms with E-state index in [1.54, 1.807) is 6.07 Å². The molecule has 0 amide bonds. The highest BCUT2D eigenvalue weighted by molar-refractivity contribution is 5.71. The van der Waals surface area contributed by atoms with Crippen molar-refractivity contribution in [3.63, 3.8) is 0 Å². The monoisotopic (exact) mass is 258 g/mol. The molecule has 0 heterocycles. The molecule has 0 aromatic heterocycles. The molecule has 0 fully saturated rings. The van der Waals surface area contributed by atoms with Crippen LogP contribution in [0.1, 0.15) is 17.5 Å². The lowest BCUT2D eigenvalue weighted by Gasteiger charge is -2.13. The number of benzene rings is 1. The molecule has 18 heavy (non-hydrogen) atoms. The zero-order chi connectivity index (χ0) is 13.5. The predicted octanol–water partition coefficient (Wildman–Crippen LogP) is 2.05. The standard InChI is InChI=1S/C12H12F2O4/c13-12(14)18-11-8(5-2-6-15)3-1-4-9(11)7-10(16)17/h1,3-4,6,12H,2,5,7H2,(H,16,17). The highest BCUT2D eigenvalue weighted by Crippen LogP contribution is 2.27. The van der Waals surface area contributed by atoms with Gasteiger partial charge >= 0.3 is 12.6 Å². The Bertz CT molecular complexity index is 432. The predicted molar refractivity (Wildman–Crippen MR) is 58.8 cm³/mol. The largest absolute Gasteiger partial charge is 0.481 e. The van der Waals surface area contributed by atoms with E-state index in [-0.39, 0.29) is 24.2 Å². The number of halogens is 2. The van der Waals surface area contributed by atoms with Crippen LogP contribution in [0.3, 0.4) is 0 Å². The molecule has 0 aliphatic carbocycles. The molecule has 0 bridgehead atoms. The first-order valence-corrected chi connectivity index (χ1v) is 5.25. The summed E-state index contributed by atoms with van der Waals surface area (Å²) in [5, 5.41) is 8.69. The molecule has 0 unspecified atom stereocenters. The normalized spacial score (nSPS) is 10.4. The number of carbonyl (C=O) groups is 2. The molecule has 0 saturated carbocycles. The van der Waals surface area contributed by atoms with Crippen molar-refractivity contribution in [1.82, 2.24) is 0 Å². The smallest absolute Gasteiger partial charge is 0.387 e. The van der Waals surface area contributed by atoms with Gasteiger partial charge in [0.25, 0.3) is 0 Å². The van der Waals surface area contributed by atoms with Crippen molar-refractivity contribution in [2.75, 3.05) is 0 Å². The highest BCUT2D eigenvalue weighted by Gasteiger charge is 2.16. The lowest BCUT2D eigenvalue weighted by Crippen LogP contribution is -2.10. The molecule has 98 valence electrons. The minimum atomic E-state index is -3.03. The Morgan fingerprint density at radius 1 is 1.39 bits per heavy atom. The molecule has 0 atom stereocenters. The maximum atomic E-state index is 12.3. The molecule has 4 nitrogen and oxygen atoms in total. The van der Waals surface area contributed by atoms with Gasteiger partial charge in [-0.1, -0.05) is 18.2 Å². The summed E-state index contributed by atoms with van der Waals surface area (Å²) >= 11 is 0. The first kappa shape index (κ1) is 14.1. The molecule has 0 aliphatic rings. The third kappa shape index (κ3) is 4.12. The molecule has 0 spiro atoms. The van der Waals surface area contributed by atoms with E-state index < -0.39 is 19.0 Å². The van der Waals surface area contributed by atoms with Gasteiger partial charge in [-0.15, -0.1) is 0 Å². The van der Waals surface area contributed by atoms with E-state index >= 15 is 0 Å². The summed E-state index contributed by atoms with van der Waals surface area (Å²) in [5.74, 6) is -1.28. The third-order valence-corrected chi connectivity index (χ3v) is 2.26. The number of alkyl halides is 2. The summed E-state index contributed by atoms with van der Waals surface area (Å²) in [5.41, 5.74) is 0.576. The SMILES string of the molecule is O=CCCc1cccc(CC(=O)O)c1OC(F)F. The van der Waals surface area contributed by atoms with Crippen molar-refractivity contribution in [3.05, 3.63) is 29.3 Å². The second-order valence-corrected chi connectivity index (χ2v) is 3.56. The minimum Gasteiger partial charge on any atom is -0.481 e. The van der Waals surface area contributed by atoms with Crippen LogP contribution in [-0.2, 0) is 22.4 Å². The number of aldehydes is 1. The van der Waals surface area contributed by atoms with Crippen molar-refractivity contribution < 1.29 is 28.2 Å². The van der Waals surface area contributed by atoms with Crippen molar-refractivity contribution in [3.8, 4) is 5.75 Å². The van der Waals surface area contributed by atoms with Gasteiger partial charge < -0.3 is 14.6 Å². The van der Waals surface area contributed by atoms with Crippen molar-refractivity contribution in [1.29, 1.82) is 0 Å². The molecular weight excluding hydrogens is 246 g/mol. The van der Waals surface area contributed by atoms with Gasteiger partial charge in [-0.3, -0.25) is 4.79 Å². The van der Waals surface area contributed by atoms with Gasteiger partial charge in [-0.05, 0) is 12.0 Å². The molecule has 1 N–H and O–H groups in total. The first-order chi connectivity index (χ1) is 8.54. The third-order valence-electron chi connectivity index (χ3n) is 2.26. The Kier molecular flexibility index (Phi) is 5.23. The first-order valence-electron chi connectivity index (χ1n) is 5.25. The van der Waals surface area contributed by atoms with Gasteiger partial charge in [-0.2, -0.15) is 8.78 Å². The summed E-state index contributed by atoms with van der Waals surface area (Å²) in [6.07, 6.45) is 0.655. The Labute approximate surface area is 102 Å². The summed E-state index contributed by atoms with van der Waals surface area (Å²) in [6, 6.07) is 4.50. The van der Waals surface area contributed by atoms with Gasteiger partial charge in [0.15, 0.2) is 0 Å². The Hall–Kier alpha value is -1.98. The molecule has 0 radical (unpaired) electrons. The number of carboxylic acids is 1. The molecule has 6 heteroatoms. The van der Waals surface area contributed by atoms with Gasteiger partial charge in [0.1, 0.15) is 12.0 Å². The number of carbonyl (C=O) groups excluding carboxylic acids is 1. The molecule has 1 rings (SSSR count). The van der Waals surface area contributed by atoms with E-state index in [0.717, 1.165) is 0 Å². The lowest BCUT2D eigenvalue weighted by atomic mass is 10.0. The molecule has 1 aromatic carbocycles. The number of para-hydroxylation sites is 1. The topological polar surface area (TPSA) is 63.6 Å². The van der Waals surface area contributed by atoms with Gasteiger partial charge in [0, 0.05) is 12.0 Å². The Morgan fingerprint density at radius 3 is 2.61 bits per heavy atom. The molecule has 0 saturated heterocycles. The Morgan fingerprint density at radius 2 is 2.06 bits per heavy atom. The average Bonchev–Trinajstić information content (AvgIpc) is 2.28. The number of ether oxygens (including phenoxy) is 1. The number of hydrogen-bond acceptors (Lipinski definition) is 3. The van der Waals surface area contributed by atoms with E-state index in [2.05, 4.69) is 4.74 Å². The van der Waals surface area contributed by atoms with Crippen molar-refractivity contribution in [2.45, 2.75) is 25.9 Å². The highest BCUT2D eigenvalue weighted by atomic mass is 19.3. The molecular formula is C12H12F2O4. The number of aryl methyl sites for hydroxylation is 1. The second kappa shape index (κ2) is 6.68. The number of aliphatic carboxylic acids is 1. The van der Waals surface area contributed by atoms with Crippen molar-refractivity contribution >= 4 is 12.3 Å². The van der Waals surface area contributed by atoms with Crippen LogP contribution >= 0.6 is 0 Å². The zero-order valence-corrected chi connectivity index (χ0v) is 9.44. The fourth-order valence-corrected chi connectivity index (χ4v) is 1.59. The van der Waals surface area contributed by atoms with E-state index in [1.807, 2.05) is 0 Å². The van der Waals surface area contributed by atoms with E-state index in [1.165, 1.54) is 12.1 Å². The average molecular weight is 258 g/mol. The van der Waals surface area contributed by atoms with Crippen LogP contribution < -0.4 is 4.74 Å². The quantitative estimate of drug-likeness (QED) is 0.760. The lowest BCUT2D eigenvalue weighted by molar-refractivity contribution is -0.136. The zero-order valence-electron chi connectivity index (χ0n) is 9.44. The van der Waals surface area contributed by atoms with Gasteiger partial charge in [-0.25, -0.2) is 0 Å². The van der Waals surface area contributed by atoms with Gasteiger partial charge in [0.05, 0.1) is 6.42 Å². The van der Waals surface area contributed by atoms with E-state index in [0.29, 0.717) is 11.8 Å². The number of rotatable bonds is 7. The summed E-state index contributed by atoms with van der Waals surface area (Å²) in [4.78, 5) is 20.9. The molecule has 0 aliphatic heterocycles. The Balaban J connectivity index is 3.07. The van der Waals surface area contributed by atoms with Gasteiger partial charge in [0.2, 0.25) is 0 Å². The van der Waals surface area contributed by atoms with Crippen LogP contribution in [0.5, 0.6) is 5.75 Å². The minimum absolute atomic E-state index is 0.142. The molecule has 1 aromatic rings. The fourth-order valence-electron chi connectivity index (χ4n) is 1.59. The van der Waals surface area contributed by atoms with Crippen LogP contribution in [0.4, 0.5) is 8.78 Å². The fraction of sp³-hybridized carbons (Fsp3) is 0.333. The maximum Gasteiger partial charge on any atom is 0.387 e.